The van der Waals surface area contributed by atoms with Gasteiger partial charge in [0.15, 0.2) is 0 Å². The van der Waals surface area contributed by atoms with Crippen LogP contribution in [0.15, 0.2) is 97.2 Å². The van der Waals surface area contributed by atoms with E-state index in [1.54, 1.807) is 0 Å². The fourth-order valence-electron chi connectivity index (χ4n) is 1.17. The van der Waals surface area contributed by atoms with Crippen molar-refractivity contribution < 1.29 is 0 Å². The molecule has 0 amide bonds. The van der Waals surface area contributed by atoms with Crippen LogP contribution < -0.4 is 0 Å². The van der Waals surface area contributed by atoms with Crippen molar-refractivity contribution in [1.82, 2.24) is 0 Å². The fraction of sp³-hybridized carbons (Fsp3) is 0.158. The van der Waals surface area contributed by atoms with Gasteiger partial charge in [0.05, 0.1) is 0 Å². The molecule has 0 aromatic carbocycles. The lowest BCUT2D eigenvalue weighted by molar-refractivity contribution is 1.16. The highest BCUT2D eigenvalue weighted by Crippen LogP contribution is 2.14. The first-order valence-corrected chi connectivity index (χ1v) is 6.35. The van der Waals surface area contributed by atoms with Crippen LogP contribution in [0.1, 0.15) is 20.3 Å². The quantitative estimate of drug-likeness (QED) is 0.474. The number of hydrogen-bond acceptors (Lipinski definition) is 0. The first-order chi connectivity index (χ1) is 8.92. The van der Waals surface area contributed by atoms with E-state index in [1.807, 2.05) is 43.4 Å². The summed E-state index contributed by atoms with van der Waals surface area (Å²) in [5.41, 5.74) is 4.56. The van der Waals surface area contributed by atoms with Gasteiger partial charge >= 0.3 is 0 Å². The highest BCUT2D eigenvalue weighted by Gasteiger charge is 1.94. The molecule has 0 bridgehead atoms. The van der Waals surface area contributed by atoms with Gasteiger partial charge in [-0.3, -0.25) is 0 Å². The first-order valence-electron chi connectivity index (χ1n) is 6.35. The van der Waals surface area contributed by atoms with Crippen molar-refractivity contribution in [3.63, 3.8) is 0 Å². The van der Waals surface area contributed by atoms with E-state index in [0.717, 1.165) is 34.3 Å². The molecule has 0 nitrogen and oxygen atoms in total. The molecule has 0 spiro atoms. The van der Waals surface area contributed by atoms with Crippen LogP contribution in [0, 0.1) is 0 Å². The van der Waals surface area contributed by atoms with Gasteiger partial charge in [0, 0.05) is 0 Å². The van der Waals surface area contributed by atoms with E-state index < -0.39 is 0 Å². The van der Waals surface area contributed by atoms with E-state index >= 15 is 0 Å². The fourth-order valence-corrected chi connectivity index (χ4v) is 1.17. The maximum absolute atomic E-state index is 3.98. The van der Waals surface area contributed by atoms with Gasteiger partial charge in [-0.2, -0.15) is 0 Å². The number of hydrogen-bond donors (Lipinski definition) is 0. The Balaban J connectivity index is 4.57. The molecule has 0 saturated carbocycles. The molecule has 0 saturated heterocycles. The van der Waals surface area contributed by atoms with Crippen LogP contribution >= 0.6 is 0 Å². The highest BCUT2D eigenvalue weighted by molar-refractivity contribution is 5.49. The van der Waals surface area contributed by atoms with Crippen molar-refractivity contribution in [2.24, 2.45) is 0 Å². The van der Waals surface area contributed by atoms with Crippen LogP contribution in [0.4, 0.5) is 0 Å². The van der Waals surface area contributed by atoms with E-state index in [0.29, 0.717) is 0 Å². The molecule has 19 heavy (non-hydrogen) atoms. The van der Waals surface area contributed by atoms with Crippen LogP contribution in [0.25, 0.3) is 0 Å². The zero-order valence-electron chi connectivity index (χ0n) is 12.2. The molecule has 0 rings (SSSR count). The van der Waals surface area contributed by atoms with Crippen LogP contribution in [0.2, 0.25) is 0 Å². The maximum atomic E-state index is 3.98. The Kier molecular flexibility index (Phi) is 7.95. The van der Waals surface area contributed by atoms with Gasteiger partial charge < -0.3 is 0 Å². The minimum absolute atomic E-state index is 0.856. The Labute approximate surface area is 118 Å². The third kappa shape index (κ3) is 7.05. The molecule has 0 aromatic heterocycles. The zero-order valence-corrected chi connectivity index (χ0v) is 12.2. The van der Waals surface area contributed by atoms with E-state index in [9.17, 15) is 0 Å². The summed E-state index contributed by atoms with van der Waals surface area (Å²) < 4.78 is 0. The molecule has 0 aliphatic rings. The molecule has 0 aliphatic heterocycles. The van der Waals surface area contributed by atoms with Crippen molar-refractivity contribution in [2.45, 2.75) is 20.3 Å². The van der Waals surface area contributed by atoms with Crippen LogP contribution in [0.5, 0.6) is 0 Å². The third-order valence-corrected chi connectivity index (χ3v) is 2.65. The van der Waals surface area contributed by atoms with Gasteiger partial charge in [0.1, 0.15) is 0 Å². The van der Waals surface area contributed by atoms with E-state index in [1.165, 1.54) is 0 Å². The Bertz CT molecular complexity index is 476. The Hall–Kier alpha value is -2.08. The Morgan fingerprint density at radius 2 is 1.05 bits per heavy atom. The van der Waals surface area contributed by atoms with Crippen molar-refractivity contribution >= 4 is 0 Å². The molecule has 0 aromatic rings. The maximum Gasteiger partial charge on any atom is -0.0262 e. The van der Waals surface area contributed by atoms with Crippen molar-refractivity contribution in [1.29, 1.82) is 0 Å². The van der Waals surface area contributed by atoms with Crippen molar-refractivity contribution in [3.05, 3.63) is 97.2 Å². The Morgan fingerprint density at radius 1 is 0.684 bits per heavy atom. The molecule has 0 aliphatic carbocycles. The second-order valence-electron chi connectivity index (χ2n) is 4.28. The van der Waals surface area contributed by atoms with Gasteiger partial charge in [-0.1, -0.05) is 81.8 Å². The molecule has 0 unspecified atom stereocenters. The summed E-state index contributed by atoms with van der Waals surface area (Å²) in [7, 11) is 0. The average Bonchev–Trinajstić information content (AvgIpc) is 2.41. The molecular weight excluding hydrogens is 228 g/mol. The highest BCUT2D eigenvalue weighted by atomic mass is 14.0. The molecule has 100 valence electrons. The lowest BCUT2D eigenvalue weighted by atomic mass is 10.0. The summed E-state index contributed by atoms with van der Waals surface area (Å²) in [5.74, 6) is 0. The van der Waals surface area contributed by atoms with Gasteiger partial charge in [-0.15, -0.1) is 0 Å². The van der Waals surface area contributed by atoms with Gasteiger partial charge in [0.25, 0.3) is 0 Å². The lowest BCUT2D eigenvalue weighted by Gasteiger charge is -2.02. The van der Waals surface area contributed by atoms with Crippen molar-refractivity contribution in [3.8, 4) is 0 Å². The number of rotatable bonds is 8. The first kappa shape index (κ1) is 16.9. The molecule has 0 heteroatoms. The second kappa shape index (κ2) is 8.93. The second-order valence-corrected chi connectivity index (χ2v) is 4.28. The monoisotopic (exact) mass is 252 g/mol. The van der Waals surface area contributed by atoms with Gasteiger partial charge in [-0.05, 0) is 35.6 Å². The summed E-state index contributed by atoms with van der Waals surface area (Å²) >= 11 is 0. The van der Waals surface area contributed by atoms with E-state index in [4.69, 9.17) is 0 Å². The average molecular weight is 252 g/mol. The molecule has 0 radical (unpaired) electrons. The molecule has 0 N–H and O–H groups in total. The third-order valence-electron chi connectivity index (χ3n) is 2.65. The van der Waals surface area contributed by atoms with Crippen LogP contribution in [-0.4, -0.2) is 0 Å². The van der Waals surface area contributed by atoms with Gasteiger partial charge in [0.2, 0.25) is 0 Å². The normalized spacial score (nSPS) is 11.3. The van der Waals surface area contributed by atoms with Crippen molar-refractivity contribution in [2.75, 3.05) is 0 Å². The summed E-state index contributed by atoms with van der Waals surface area (Å²) in [6, 6.07) is 0. The minimum Gasteiger partial charge on any atom is -0.0958 e. The molecule has 0 fully saturated rings. The van der Waals surface area contributed by atoms with Gasteiger partial charge in [-0.25, -0.2) is 0 Å². The molecule has 0 heterocycles. The molecule has 0 atom stereocenters. The predicted molar refractivity (Wildman–Crippen MR) is 89.1 cm³/mol. The minimum atomic E-state index is 0.856. The lowest BCUT2D eigenvalue weighted by Crippen LogP contribution is -1.82. The van der Waals surface area contributed by atoms with E-state index in [2.05, 4.69) is 39.8 Å². The van der Waals surface area contributed by atoms with Crippen LogP contribution in [0.3, 0.4) is 0 Å². The topological polar surface area (TPSA) is 0 Å². The van der Waals surface area contributed by atoms with Crippen LogP contribution in [-0.2, 0) is 0 Å². The number of allylic oxidation sites excluding steroid dienone is 11. The Morgan fingerprint density at radius 3 is 1.42 bits per heavy atom. The summed E-state index contributed by atoms with van der Waals surface area (Å²) in [6.07, 6.45) is 12.5. The SMILES string of the molecule is C=C(/C=C\C(=C)C(=C)/C=C\C(=C)C(=C)/C=C\C)CC. The standard InChI is InChI=1S/C19H24/c1-8-10-16(4)18(6)13-14-19(7)17(5)12-11-15(3)9-2/h8,10-14H,3-7,9H2,1-2H3/b10-8-,12-11-,14-13-. The summed E-state index contributed by atoms with van der Waals surface area (Å²) in [4.78, 5) is 0. The summed E-state index contributed by atoms with van der Waals surface area (Å²) in [5, 5.41) is 0. The summed E-state index contributed by atoms with van der Waals surface area (Å²) in [6.45, 7) is 23.8. The zero-order chi connectivity index (χ0) is 14.8. The van der Waals surface area contributed by atoms with E-state index in [-0.39, 0.29) is 0 Å². The predicted octanol–water partition coefficient (Wildman–Crippen LogP) is 5.87. The molecular formula is C19H24. The largest absolute Gasteiger partial charge is 0.0958 e. The smallest absolute Gasteiger partial charge is 0.0262 e.